The third-order valence-electron chi connectivity index (χ3n) is 3.94. The molecule has 0 aliphatic heterocycles. The molecule has 3 heterocycles. The molecule has 4 rings (SSSR count). The summed E-state index contributed by atoms with van der Waals surface area (Å²) in [7, 11) is 0. The van der Waals surface area contributed by atoms with E-state index in [1.54, 1.807) is 10.9 Å². The van der Waals surface area contributed by atoms with Crippen molar-refractivity contribution in [3.63, 3.8) is 0 Å². The SMILES string of the molecule is Cc1nn(-c2ccccc2)cc1-c1noc(C(=O)NCc2ccccn2)n1. The van der Waals surface area contributed by atoms with Crippen LogP contribution in [-0.2, 0) is 6.54 Å². The molecule has 8 heteroatoms. The van der Waals surface area contributed by atoms with E-state index in [1.165, 1.54) is 0 Å². The predicted molar refractivity (Wildman–Crippen MR) is 97.0 cm³/mol. The summed E-state index contributed by atoms with van der Waals surface area (Å²) in [5.74, 6) is -0.238. The number of aromatic nitrogens is 5. The Morgan fingerprint density at radius 3 is 2.74 bits per heavy atom. The first kappa shape index (κ1) is 16.6. The number of hydrogen-bond acceptors (Lipinski definition) is 6. The van der Waals surface area contributed by atoms with Gasteiger partial charge in [-0.25, -0.2) is 4.68 Å². The molecule has 0 unspecified atom stereocenters. The summed E-state index contributed by atoms with van der Waals surface area (Å²) in [6.07, 6.45) is 3.48. The number of nitrogens with zero attached hydrogens (tertiary/aromatic N) is 5. The van der Waals surface area contributed by atoms with E-state index < -0.39 is 5.91 Å². The van der Waals surface area contributed by atoms with Crippen molar-refractivity contribution in [2.75, 3.05) is 0 Å². The Morgan fingerprint density at radius 1 is 1.15 bits per heavy atom. The second-order valence-electron chi connectivity index (χ2n) is 5.84. The van der Waals surface area contributed by atoms with Crippen LogP contribution in [0.4, 0.5) is 0 Å². The maximum absolute atomic E-state index is 12.2. The molecular weight excluding hydrogens is 344 g/mol. The minimum Gasteiger partial charge on any atom is -0.342 e. The van der Waals surface area contributed by atoms with Gasteiger partial charge in [-0.2, -0.15) is 10.1 Å². The number of hydrogen-bond donors (Lipinski definition) is 1. The fourth-order valence-electron chi connectivity index (χ4n) is 2.57. The van der Waals surface area contributed by atoms with E-state index in [9.17, 15) is 4.79 Å². The molecule has 3 aromatic heterocycles. The largest absolute Gasteiger partial charge is 0.342 e. The van der Waals surface area contributed by atoms with Crippen molar-refractivity contribution in [1.82, 2.24) is 30.2 Å². The van der Waals surface area contributed by atoms with Crippen LogP contribution in [0.5, 0.6) is 0 Å². The molecule has 0 saturated heterocycles. The Labute approximate surface area is 154 Å². The molecular formula is C19H16N6O2. The second kappa shape index (κ2) is 7.20. The normalized spacial score (nSPS) is 10.7. The van der Waals surface area contributed by atoms with Gasteiger partial charge in [0.2, 0.25) is 5.82 Å². The number of amides is 1. The highest BCUT2D eigenvalue weighted by Gasteiger charge is 2.19. The van der Waals surface area contributed by atoms with E-state index in [4.69, 9.17) is 4.52 Å². The number of benzene rings is 1. The average molecular weight is 360 g/mol. The molecule has 4 aromatic rings. The van der Waals surface area contributed by atoms with Crippen molar-refractivity contribution in [2.45, 2.75) is 13.5 Å². The standard InChI is InChI=1S/C19H16N6O2/c1-13-16(12-25(23-13)15-8-3-2-4-9-15)17-22-19(27-24-17)18(26)21-11-14-7-5-6-10-20-14/h2-10,12H,11H2,1H3,(H,21,26). The summed E-state index contributed by atoms with van der Waals surface area (Å²) < 4.78 is 6.85. The lowest BCUT2D eigenvalue weighted by atomic mass is 10.2. The van der Waals surface area contributed by atoms with Crippen LogP contribution in [0.3, 0.4) is 0 Å². The smallest absolute Gasteiger partial charge is 0.316 e. The lowest BCUT2D eigenvalue weighted by molar-refractivity contribution is 0.0906. The van der Waals surface area contributed by atoms with Crippen molar-refractivity contribution in [1.29, 1.82) is 0 Å². The monoisotopic (exact) mass is 360 g/mol. The molecule has 0 fully saturated rings. The van der Waals surface area contributed by atoms with E-state index in [-0.39, 0.29) is 12.4 Å². The molecule has 1 aromatic carbocycles. The number of pyridine rings is 1. The third kappa shape index (κ3) is 3.59. The van der Waals surface area contributed by atoms with Crippen LogP contribution in [0.2, 0.25) is 0 Å². The summed E-state index contributed by atoms with van der Waals surface area (Å²) in [6, 6.07) is 15.2. The van der Waals surface area contributed by atoms with Crippen LogP contribution in [0.1, 0.15) is 22.1 Å². The van der Waals surface area contributed by atoms with Gasteiger partial charge < -0.3 is 9.84 Å². The second-order valence-corrected chi connectivity index (χ2v) is 5.84. The van der Waals surface area contributed by atoms with Crippen LogP contribution in [0, 0.1) is 6.92 Å². The number of carbonyl (C=O) groups excluding carboxylic acids is 1. The van der Waals surface area contributed by atoms with Gasteiger partial charge in [0.1, 0.15) is 0 Å². The van der Waals surface area contributed by atoms with Crippen molar-refractivity contribution in [3.8, 4) is 17.1 Å². The summed E-state index contributed by atoms with van der Waals surface area (Å²) >= 11 is 0. The van der Waals surface area contributed by atoms with E-state index in [1.807, 2.05) is 61.7 Å². The molecule has 0 aliphatic rings. The molecule has 1 amide bonds. The van der Waals surface area contributed by atoms with Crippen molar-refractivity contribution in [2.24, 2.45) is 0 Å². The molecule has 27 heavy (non-hydrogen) atoms. The van der Waals surface area contributed by atoms with Gasteiger partial charge in [-0.3, -0.25) is 9.78 Å². The maximum atomic E-state index is 12.2. The number of para-hydroxylation sites is 1. The molecule has 0 bridgehead atoms. The van der Waals surface area contributed by atoms with Gasteiger partial charge in [0.25, 0.3) is 0 Å². The molecule has 1 N–H and O–H groups in total. The maximum Gasteiger partial charge on any atom is 0.316 e. The minimum absolute atomic E-state index is 0.104. The zero-order valence-electron chi connectivity index (χ0n) is 14.5. The van der Waals surface area contributed by atoms with Gasteiger partial charge in [-0.05, 0) is 31.2 Å². The van der Waals surface area contributed by atoms with Crippen LogP contribution in [0.25, 0.3) is 17.1 Å². The Kier molecular flexibility index (Phi) is 4.44. The highest BCUT2D eigenvalue weighted by atomic mass is 16.5. The highest BCUT2D eigenvalue weighted by Crippen LogP contribution is 2.21. The van der Waals surface area contributed by atoms with Crippen molar-refractivity contribution in [3.05, 3.63) is 78.2 Å². The molecule has 0 spiro atoms. The van der Waals surface area contributed by atoms with Gasteiger partial charge in [-0.15, -0.1) is 0 Å². The topological polar surface area (TPSA) is 98.7 Å². The van der Waals surface area contributed by atoms with Gasteiger partial charge in [0, 0.05) is 12.4 Å². The Balaban J connectivity index is 1.51. The molecule has 8 nitrogen and oxygen atoms in total. The summed E-state index contributed by atoms with van der Waals surface area (Å²) in [5, 5.41) is 11.1. The van der Waals surface area contributed by atoms with Gasteiger partial charge in [0.05, 0.1) is 29.2 Å². The Bertz CT molecular complexity index is 1060. The van der Waals surface area contributed by atoms with Gasteiger partial charge in [-0.1, -0.05) is 29.4 Å². The fraction of sp³-hybridized carbons (Fsp3) is 0.105. The number of nitrogens with one attached hydrogen (secondary N) is 1. The summed E-state index contributed by atoms with van der Waals surface area (Å²) in [6.45, 7) is 2.13. The first-order valence-corrected chi connectivity index (χ1v) is 8.34. The zero-order chi connectivity index (χ0) is 18.6. The first-order chi connectivity index (χ1) is 13.2. The quantitative estimate of drug-likeness (QED) is 0.587. The van der Waals surface area contributed by atoms with Crippen LogP contribution in [-0.4, -0.2) is 30.8 Å². The van der Waals surface area contributed by atoms with Crippen LogP contribution in [0.15, 0.2) is 65.4 Å². The van der Waals surface area contributed by atoms with Gasteiger partial charge in [0.15, 0.2) is 0 Å². The summed E-state index contributed by atoms with van der Waals surface area (Å²) in [4.78, 5) is 20.6. The zero-order valence-corrected chi connectivity index (χ0v) is 14.5. The Morgan fingerprint density at radius 2 is 1.96 bits per heavy atom. The van der Waals surface area contributed by atoms with E-state index in [2.05, 4.69) is 25.5 Å². The predicted octanol–water partition coefficient (Wildman–Crippen LogP) is 2.56. The van der Waals surface area contributed by atoms with E-state index >= 15 is 0 Å². The molecule has 134 valence electrons. The van der Waals surface area contributed by atoms with E-state index in [0.717, 1.165) is 17.1 Å². The van der Waals surface area contributed by atoms with Crippen LogP contribution >= 0.6 is 0 Å². The lowest BCUT2D eigenvalue weighted by Gasteiger charge is -2.00. The number of rotatable bonds is 5. The van der Waals surface area contributed by atoms with Crippen molar-refractivity contribution < 1.29 is 9.32 Å². The number of carbonyl (C=O) groups is 1. The van der Waals surface area contributed by atoms with Gasteiger partial charge >= 0.3 is 11.8 Å². The van der Waals surface area contributed by atoms with E-state index in [0.29, 0.717) is 11.4 Å². The lowest BCUT2D eigenvalue weighted by Crippen LogP contribution is -2.23. The van der Waals surface area contributed by atoms with Crippen LogP contribution < -0.4 is 5.32 Å². The summed E-state index contributed by atoms with van der Waals surface area (Å²) in [5.41, 5.74) is 3.10. The number of aryl methyl sites for hydroxylation is 1. The minimum atomic E-state index is -0.451. The molecule has 0 atom stereocenters. The highest BCUT2D eigenvalue weighted by molar-refractivity contribution is 5.89. The molecule has 0 aliphatic carbocycles. The fourth-order valence-corrected chi connectivity index (χ4v) is 2.57. The Hall–Kier alpha value is -3.81. The first-order valence-electron chi connectivity index (χ1n) is 8.34. The molecule has 0 saturated carbocycles. The van der Waals surface area contributed by atoms with Crippen molar-refractivity contribution >= 4 is 5.91 Å². The molecule has 0 radical (unpaired) electrons. The third-order valence-corrected chi connectivity index (χ3v) is 3.94. The average Bonchev–Trinajstić information content (AvgIpc) is 3.34.